The summed E-state index contributed by atoms with van der Waals surface area (Å²) in [5.74, 6) is 0.847. The zero-order chi connectivity index (χ0) is 15.0. The zero-order valence-electron chi connectivity index (χ0n) is 12.7. The lowest BCUT2D eigenvalue weighted by Gasteiger charge is -2.21. The fourth-order valence-electron chi connectivity index (χ4n) is 2.03. The van der Waals surface area contributed by atoms with Crippen LogP contribution in [0.2, 0.25) is 0 Å². The molecule has 0 aliphatic carbocycles. The fourth-order valence-corrected chi connectivity index (χ4v) is 2.21. The number of anilines is 1. The topological polar surface area (TPSA) is 23.6 Å². The SMILES string of the molecule is CCN(Cc1ccc(N(C)C)cc1)C(=O)CCCCCl. The molecule has 0 saturated carbocycles. The van der Waals surface area contributed by atoms with Gasteiger partial charge < -0.3 is 9.80 Å². The molecule has 0 atom stereocenters. The van der Waals surface area contributed by atoms with Crippen LogP contribution in [0.1, 0.15) is 31.7 Å². The Labute approximate surface area is 127 Å². The number of unbranched alkanes of at least 4 members (excludes halogenated alkanes) is 1. The van der Waals surface area contributed by atoms with Crippen molar-refractivity contribution in [3.05, 3.63) is 29.8 Å². The standard InChI is InChI=1S/C16H25ClN2O/c1-4-19(16(20)7-5-6-12-17)13-14-8-10-15(11-9-14)18(2)3/h8-11H,4-7,12-13H2,1-3H3. The lowest BCUT2D eigenvalue weighted by molar-refractivity contribution is -0.131. The maximum Gasteiger partial charge on any atom is 0.222 e. The highest BCUT2D eigenvalue weighted by Gasteiger charge is 2.11. The summed E-state index contributed by atoms with van der Waals surface area (Å²) in [6, 6.07) is 8.34. The summed E-state index contributed by atoms with van der Waals surface area (Å²) >= 11 is 5.64. The van der Waals surface area contributed by atoms with Gasteiger partial charge >= 0.3 is 0 Å². The number of rotatable bonds is 8. The Bertz CT molecular complexity index is 403. The number of carbonyl (C=O) groups is 1. The van der Waals surface area contributed by atoms with Gasteiger partial charge in [-0.2, -0.15) is 0 Å². The molecule has 0 aliphatic rings. The summed E-state index contributed by atoms with van der Waals surface area (Å²) in [7, 11) is 4.04. The van der Waals surface area contributed by atoms with Crippen molar-refractivity contribution in [2.75, 3.05) is 31.4 Å². The van der Waals surface area contributed by atoms with Crippen molar-refractivity contribution in [3.8, 4) is 0 Å². The number of halogens is 1. The first-order chi connectivity index (χ1) is 9.58. The Kier molecular flexibility index (Phi) is 7.45. The van der Waals surface area contributed by atoms with Crippen LogP contribution in [0.3, 0.4) is 0 Å². The van der Waals surface area contributed by atoms with Crippen molar-refractivity contribution >= 4 is 23.2 Å². The van der Waals surface area contributed by atoms with Gasteiger partial charge in [0.05, 0.1) is 0 Å². The van der Waals surface area contributed by atoms with E-state index < -0.39 is 0 Å². The van der Waals surface area contributed by atoms with E-state index in [1.165, 1.54) is 11.3 Å². The van der Waals surface area contributed by atoms with Gasteiger partial charge in [-0.1, -0.05) is 12.1 Å². The predicted molar refractivity (Wildman–Crippen MR) is 86.4 cm³/mol. The molecule has 0 radical (unpaired) electrons. The Hall–Kier alpha value is -1.22. The summed E-state index contributed by atoms with van der Waals surface area (Å²) in [5.41, 5.74) is 2.34. The first-order valence-corrected chi connectivity index (χ1v) is 7.72. The first kappa shape index (κ1) is 16.8. The molecule has 1 aromatic carbocycles. The van der Waals surface area contributed by atoms with Crippen molar-refractivity contribution in [1.29, 1.82) is 0 Å². The Balaban J connectivity index is 2.56. The molecule has 1 rings (SSSR count). The second-order valence-corrected chi connectivity index (χ2v) is 5.49. The van der Waals surface area contributed by atoms with Gasteiger partial charge in [-0.25, -0.2) is 0 Å². The van der Waals surface area contributed by atoms with Gasteiger partial charge in [0.2, 0.25) is 5.91 Å². The Morgan fingerprint density at radius 1 is 1.15 bits per heavy atom. The molecule has 0 saturated heterocycles. The van der Waals surface area contributed by atoms with Crippen LogP contribution in [-0.2, 0) is 11.3 Å². The minimum Gasteiger partial charge on any atom is -0.378 e. The minimum absolute atomic E-state index is 0.217. The summed E-state index contributed by atoms with van der Waals surface area (Å²) in [6.45, 7) is 3.45. The summed E-state index contributed by atoms with van der Waals surface area (Å²) < 4.78 is 0. The average molecular weight is 297 g/mol. The molecule has 112 valence electrons. The van der Waals surface area contributed by atoms with Crippen LogP contribution >= 0.6 is 11.6 Å². The second-order valence-electron chi connectivity index (χ2n) is 5.11. The van der Waals surface area contributed by atoms with Crippen LogP contribution in [0, 0.1) is 0 Å². The smallest absolute Gasteiger partial charge is 0.222 e. The summed E-state index contributed by atoms with van der Waals surface area (Å²) in [6.07, 6.45) is 2.37. The molecule has 0 aromatic heterocycles. The van der Waals surface area contributed by atoms with Crippen molar-refractivity contribution in [2.45, 2.75) is 32.7 Å². The highest BCUT2D eigenvalue weighted by molar-refractivity contribution is 6.17. The molecule has 20 heavy (non-hydrogen) atoms. The molecule has 0 unspecified atom stereocenters. The van der Waals surface area contributed by atoms with Crippen LogP contribution in [0.15, 0.2) is 24.3 Å². The number of hydrogen-bond acceptors (Lipinski definition) is 2. The van der Waals surface area contributed by atoms with Gasteiger partial charge in [0, 0.05) is 45.2 Å². The zero-order valence-corrected chi connectivity index (χ0v) is 13.5. The third-order valence-electron chi connectivity index (χ3n) is 3.33. The van der Waals surface area contributed by atoms with Crippen molar-refractivity contribution in [1.82, 2.24) is 4.90 Å². The van der Waals surface area contributed by atoms with E-state index >= 15 is 0 Å². The van der Waals surface area contributed by atoms with Crippen molar-refractivity contribution in [2.24, 2.45) is 0 Å². The van der Waals surface area contributed by atoms with E-state index in [1.54, 1.807) is 0 Å². The van der Waals surface area contributed by atoms with E-state index in [-0.39, 0.29) is 5.91 Å². The highest BCUT2D eigenvalue weighted by atomic mass is 35.5. The number of alkyl halides is 1. The molecule has 1 amide bonds. The number of hydrogen-bond donors (Lipinski definition) is 0. The molecular weight excluding hydrogens is 272 g/mol. The van der Waals surface area contributed by atoms with E-state index in [1.807, 2.05) is 25.9 Å². The van der Waals surface area contributed by atoms with Gasteiger partial charge in [-0.3, -0.25) is 4.79 Å². The number of benzene rings is 1. The van der Waals surface area contributed by atoms with Gasteiger partial charge in [0.1, 0.15) is 0 Å². The fraction of sp³-hybridized carbons (Fsp3) is 0.562. The lowest BCUT2D eigenvalue weighted by atomic mass is 10.1. The molecular formula is C16H25ClN2O. The highest BCUT2D eigenvalue weighted by Crippen LogP contribution is 2.14. The maximum absolute atomic E-state index is 12.1. The number of carbonyl (C=O) groups excluding carboxylic acids is 1. The lowest BCUT2D eigenvalue weighted by Crippen LogP contribution is -2.30. The van der Waals surface area contributed by atoms with E-state index in [9.17, 15) is 4.79 Å². The van der Waals surface area contributed by atoms with Crippen molar-refractivity contribution < 1.29 is 4.79 Å². The average Bonchev–Trinajstić information content (AvgIpc) is 2.45. The van der Waals surface area contributed by atoms with E-state index in [4.69, 9.17) is 11.6 Å². The molecule has 0 aliphatic heterocycles. The monoisotopic (exact) mass is 296 g/mol. The molecule has 4 heteroatoms. The Morgan fingerprint density at radius 3 is 2.30 bits per heavy atom. The largest absolute Gasteiger partial charge is 0.378 e. The summed E-state index contributed by atoms with van der Waals surface area (Å²) in [4.78, 5) is 16.1. The minimum atomic E-state index is 0.217. The second kappa shape index (κ2) is 8.85. The van der Waals surface area contributed by atoms with Crippen LogP contribution in [0.25, 0.3) is 0 Å². The third kappa shape index (κ3) is 5.41. The van der Waals surface area contributed by atoms with Crippen LogP contribution in [0.5, 0.6) is 0 Å². The molecule has 1 aromatic rings. The quantitative estimate of drug-likeness (QED) is 0.541. The van der Waals surface area contributed by atoms with Crippen LogP contribution in [-0.4, -0.2) is 37.3 Å². The van der Waals surface area contributed by atoms with Crippen LogP contribution < -0.4 is 4.90 Å². The normalized spacial score (nSPS) is 10.4. The van der Waals surface area contributed by atoms with Crippen molar-refractivity contribution in [3.63, 3.8) is 0 Å². The Morgan fingerprint density at radius 2 is 1.80 bits per heavy atom. The first-order valence-electron chi connectivity index (χ1n) is 7.18. The molecule has 0 heterocycles. The van der Waals surface area contributed by atoms with Gasteiger partial charge in [0.15, 0.2) is 0 Å². The van der Waals surface area contributed by atoms with Gasteiger partial charge in [-0.15, -0.1) is 11.6 Å². The molecule has 0 N–H and O–H groups in total. The maximum atomic E-state index is 12.1. The number of amides is 1. The molecule has 3 nitrogen and oxygen atoms in total. The summed E-state index contributed by atoms with van der Waals surface area (Å²) in [5, 5.41) is 0. The molecule has 0 spiro atoms. The van der Waals surface area contributed by atoms with Gasteiger partial charge in [-0.05, 0) is 37.5 Å². The van der Waals surface area contributed by atoms with E-state index in [2.05, 4.69) is 29.2 Å². The predicted octanol–water partition coefficient (Wildman–Crippen LogP) is 3.51. The third-order valence-corrected chi connectivity index (χ3v) is 3.60. The molecule has 0 bridgehead atoms. The van der Waals surface area contributed by atoms with Gasteiger partial charge in [0.25, 0.3) is 0 Å². The van der Waals surface area contributed by atoms with E-state index in [0.29, 0.717) is 18.8 Å². The molecule has 0 fully saturated rings. The number of nitrogens with zero attached hydrogens (tertiary/aromatic N) is 2. The van der Waals surface area contributed by atoms with Crippen LogP contribution in [0.4, 0.5) is 5.69 Å². The van der Waals surface area contributed by atoms with E-state index in [0.717, 1.165) is 19.4 Å².